The van der Waals surface area contributed by atoms with E-state index in [0.717, 1.165) is 5.56 Å². The van der Waals surface area contributed by atoms with Gasteiger partial charge in [-0.1, -0.05) is 23.7 Å². The Hall–Kier alpha value is -3.45. The first-order valence-corrected chi connectivity index (χ1v) is 9.01. The minimum atomic E-state index is -0.664. The molecule has 0 atom stereocenters. The number of hydrogen-bond acceptors (Lipinski definition) is 4. The van der Waals surface area contributed by atoms with Crippen LogP contribution in [0, 0.1) is 12.7 Å². The van der Waals surface area contributed by atoms with Crippen LogP contribution in [0.1, 0.15) is 11.3 Å². The number of anilines is 1. The highest BCUT2D eigenvalue weighted by Crippen LogP contribution is 2.17. The summed E-state index contributed by atoms with van der Waals surface area (Å²) in [5.74, 6) is -1.19. The van der Waals surface area contributed by atoms with E-state index in [-0.39, 0.29) is 5.82 Å². The maximum Gasteiger partial charge on any atom is 0.331 e. The lowest BCUT2D eigenvalue weighted by Crippen LogP contribution is -2.21. The Morgan fingerprint density at radius 3 is 2.69 bits per heavy atom. The quantitative estimate of drug-likeness (QED) is 0.486. The summed E-state index contributed by atoms with van der Waals surface area (Å²) in [7, 11) is 0. The molecule has 3 aromatic rings. The summed E-state index contributed by atoms with van der Waals surface area (Å²) in [6.45, 7) is 1.29. The van der Waals surface area contributed by atoms with Crippen LogP contribution >= 0.6 is 11.6 Å². The molecule has 0 unspecified atom stereocenters. The monoisotopic (exact) mass is 413 g/mol. The number of carbonyl (C=O) groups is 2. The molecule has 29 heavy (non-hydrogen) atoms. The zero-order valence-corrected chi connectivity index (χ0v) is 16.2. The van der Waals surface area contributed by atoms with Crippen molar-refractivity contribution in [1.82, 2.24) is 9.78 Å². The predicted molar refractivity (Wildman–Crippen MR) is 108 cm³/mol. The van der Waals surface area contributed by atoms with Gasteiger partial charge in [-0.3, -0.25) is 4.79 Å². The van der Waals surface area contributed by atoms with E-state index in [0.29, 0.717) is 22.2 Å². The van der Waals surface area contributed by atoms with E-state index in [2.05, 4.69) is 10.4 Å². The van der Waals surface area contributed by atoms with E-state index in [9.17, 15) is 14.0 Å². The molecular weight excluding hydrogens is 397 g/mol. The van der Waals surface area contributed by atoms with Crippen LogP contribution < -0.4 is 5.32 Å². The van der Waals surface area contributed by atoms with Crippen LogP contribution in [0.2, 0.25) is 5.02 Å². The number of ether oxygens (including phenoxy) is 1. The molecule has 0 aliphatic rings. The topological polar surface area (TPSA) is 73.2 Å². The molecule has 0 spiro atoms. The van der Waals surface area contributed by atoms with Gasteiger partial charge in [-0.2, -0.15) is 5.10 Å². The van der Waals surface area contributed by atoms with Gasteiger partial charge >= 0.3 is 5.97 Å². The van der Waals surface area contributed by atoms with Crippen LogP contribution in [0.5, 0.6) is 0 Å². The van der Waals surface area contributed by atoms with E-state index < -0.39 is 18.5 Å². The van der Waals surface area contributed by atoms with Crippen molar-refractivity contribution in [2.45, 2.75) is 6.92 Å². The standard InChI is InChI=1S/C21H17ClFN3O3/c1-14-11-19(26(25-14)18-8-6-17(23)7-9-18)24-20(27)13-29-21(28)10-5-15-3-2-4-16(22)12-15/h2-12H,13H2,1H3,(H,24,27)/b10-5+. The van der Waals surface area contributed by atoms with E-state index in [4.69, 9.17) is 16.3 Å². The normalized spacial score (nSPS) is 10.9. The van der Waals surface area contributed by atoms with E-state index >= 15 is 0 Å². The molecule has 148 valence electrons. The summed E-state index contributed by atoms with van der Waals surface area (Å²) in [5.41, 5.74) is 1.97. The summed E-state index contributed by atoms with van der Waals surface area (Å²) in [4.78, 5) is 24.0. The Balaban J connectivity index is 1.58. The third-order valence-electron chi connectivity index (χ3n) is 3.78. The smallest absolute Gasteiger partial charge is 0.331 e. The number of carbonyl (C=O) groups excluding carboxylic acids is 2. The van der Waals surface area contributed by atoms with Crippen molar-refractivity contribution in [3.05, 3.63) is 82.8 Å². The number of halogens is 2. The lowest BCUT2D eigenvalue weighted by Gasteiger charge is -2.09. The van der Waals surface area contributed by atoms with Gasteiger partial charge in [0.05, 0.1) is 11.4 Å². The Morgan fingerprint density at radius 2 is 1.97 bits per heavy atom. The average molecular weight is 414 g/mol. The van der Waals surface area contributed by atoms with Gasteiger partial charge in [0.25, 0.3) is 5.91 Å². The number of aryl methyl sites for hydroxylation is 1. The molecule has 0 bridgehead atoms. The van der Waals surface area contributed by atoms with Crippen LogP contribution in [0.25, 0.3) is 11.8 Å². The van der Waals surface area contributed by atoms with Crippen molar-refractivity contribution >= 4 is 35.4 Å². The number of rotatable bonds is 6. The molecule has 0 fully saturated rings. The summed E-state index contributed by atoms with van der Waals surface area (Å²) < 4.78 is 19.5. The van der Waals surface area contributed by atoms with Crippen LogP contribution in [0.4, 0.5) is 10.2 Å². The number of esters is 1. The van der Waals surface area contributed by atoms with Crippen molar-refractivity contribution in [2.24, 2.45) is 0 Å². The summed E-state index contributed by atoms with van der Waals surface area (Å²) in [5, 5.41) is 7.46. The van der Waals surface area contributed by atoms with Crippen molar-refractivity contribution in [3.8, 4) is 5.69 Å². The van der Waals surface area contributed by atoms with Gasteiger partial charge in [0.2, 0.25) is 0 Å². The molecule has 6 nitrogen and oxygen atoms in total. The predicted octanol–water partition coefficient (Wildman–Crippen LogP) is 4.17. The van der Waals surface area contributed by atoms with Crippen molar-refractivity contribution in [2.75, 3.05) is 11.9 Å². The third-order valence-corrected chi connectivity index (χ3v) is 4.01. The van der Waals surface area contributed by atoms with Crippen LogP contribution in [0.3, 0.4) is 0 Å². The number of aromatic nitrogens is 2. The molecule has 0 aliphatic carbocycles. The highest BCUT2D eigenvalue weighted by Gasteiger charge is 2.12. The third kappa shape index (κ3) is 5.76. The maximum absolute atomic E-state index is 13.1. The fourth-order valence-electron chi connectivity index (χ4n) is 2.51. The first-order valence-electron chi connectivity index (χ1n) is 8.63. The van der Waals surface area contributed by atoms with Crippen molar-refractivity contribution < 1.29 is 18.7 Å². The van der Waals surface area contributed by atoms with Crippen LogP contribution in [-0.4, -0.2) is 28.3 Å². The number of amides is 1. The minimum Gasteiger partial charge on any atom is -0.452 e. The summed E-state index contributed by atoms with van der Waals surface area (Å²) in [6.07, 6.45) is 2.75. The maximum atomic E-state index is 13.1. The van der Waals surface area contributed by atoms with E-state index in [1.807, 2.05) is 0 Å². The highest BCUT2D eigenvalue weighted by molar-refractivity contribution is 6.30. The molecule has 8 heteroatoms. The molecule has 0 saturated carbocycles. The fraction of sp³-hybridized carbons (Fsp3) is 0.0952. The lowest BCUT2D eigenvalue weighted by atomic mass is 10.2. The number of nitrogens with zero attached hydrogens (tertiary/aromatic N) is 2. The van der Waals surface area contributed by atoms with Gasteiger partial charge in [0, 0.05) is 17.2 Å². The van der Waals surface area contributed by atoms with Gasteiger partial charge in [0.15, 0.2) is 6.61 Å². The number of benzene rings is 2. The van der Waals surface area contributed by atoms with Gasteiger partial charge < -0.3 is 10.1 Å². The van der Waals surface area contributed by atoms with Crippen LogP contribution in [0.15, 0.2) is 60.7 Å². The molecule has 2 aromatic carbocycles. The molecule has 1 aromatic heterocycles. The molecule has 1 heterocycles. The minimum absolute atomic E-state index is 0.374. The average Bonchev–Trinajstić information content (AvgIpc) is 3.05. The molecule has 0 radical (unpaired) electrons. The molecule has 0 aliphatic heterocycles. The van der Waals surface area contributed by atoms with Crippen LogP contribution in [-0.2, 0) is 14.3 Å². The highest BCUT2D eigenvalue weighted by atomic mass is 35.5. The number of hydrogen-bond donors (Lipinski definition) is 1. The van der Waals surface area contributed by atoms with Gasteiger partial charge in [-0.15, -0.1) is 0 Å². The zero-order valence-electron chi connectivity index (χ0n) is 15.4. The zero-order chi connectivity index (χ0) is 20.8. The molecular formula is C21H17ClFN3O3. The van der Waals surface area contributed by atoms with E-state index in [1.165, 1.54) is 35.0 Å². The Kier molecular flexibility index (Phi) is 6.41. The Labute approximate surface area is 171 Å². The van der Waals surface area contributed by atoms with Gasteiger partial charge in [0.1, 0.15) is 11.6 Å². The van der Waals surface area contributed by atoms with Gasteiger partial charge in [-0.05, 0) is 55.0 Å². The SMILES string of the molecule is Cc1cc(NC(=O)COC(=O)/C=C/c2cccc(Cl)c2)n(-c2ccc(F)cc2)n1. The molecule has 1 N–H and O–H groups in total. The first-order chi connectivity index (χ1) is 13.9. The second-order valence-corrected chi connectivity index (χ2v) is 6.54. The second-order valence-electron chi connectivity index (χ2n) is 6.10. The number of nitrogens with one attached hydrogen (secondary N) is 1. The van der Waals surface area contributed by atoms with Gasteiger partial charge in [-0.25, -0.2) is 13.9 Å². The molecule has 0 saturated heterocycles. The summed E-state index contributed by atoms with van der Waals surface area (Å²) in [6, 6.07) is 14.3. The Bertz CT molecular complexity index is 1060. The second kappa shape index (κ2) is 9.16. The first kappa shape index (κ1) is 20.3. The molecule has 3 rings (SSSR count). The Morgan fingerprint density at radius 1 is 1.21 bits per heavy atom. The fourth-order valence-corrected chi connectivity index (χ4v) is 2.70. The summed E-state index contributed by atoms with van der Waals surface area (Å²) >= 11 is 5.88. The largest absolute Gasteiger partial charge is 0.452 e. The van der Waals surface area contributed by atoms with E-state index in [1.54, 1.807) is 43.3 Å². The molecule has 1 amide bonds. The van der Waals surface area contributed by atoms with Crippen molar-refractivity contribution in [1.29, 1.82) is 0 Å². The lowest BCUT2D eigenvalue weighted by molar-refractivity contribution is -0.142. The van der Waals surface area contributed by atoms with Crippen molar-refractivity contribution in [3.63, 3.8) is 0 Å².